The third-order valence-electron chi connectivity index (χ3n) is 4.92. The van der Waals surface area contributed by atoms with Crippen molar-refractivity contribution in [3.8, 4) is 11.6 Å². The van der Waals surface area contributed by atoms with Crippen LogP contribution in [-0.2, 0) is 0 Å². The molecule has 8 heteroatoms. The third kappa shape index (κ3) is 4.36. The lowest BCUT2D eigenvalue weighted by molar-refractivity contribution is 0.0678. The van der Waals surface area contributed by atoms with Crippen molar-refractivity contribution in [1.82, 2.24) is 14.9 Å². The van der Waals surface area contributed by atoms with Gasteiger partial charge in [0.15, 0.2) is 0 Å². The van der Waals surface area contributed by atoms with Crippen LogP contribution in [0.3, 0.4) is 0 Å². The van der Waals surface area contributed by atoms with E-state index < -0.39 is 0 Å². The van der Waals surface area contributed by atoms with E-state index in [-0.39, 0.29) is 11.9 Å². The van der Waals surface area contributed by atoms with Gasteiger partial charge in [-0.05, 0) is 49.1 Å². The summed E-state index contributed by atoms with van der Waals surface area (Å²) < 4.78 is 5.88. The van der Waals surface area contributed by atoms with Crippen molar-refractivity contribution in [2.45, 2.75) is 19.9 Å². The number of thiophene rings is 1. The minimum absolute atomic E-state index is 0.0802. The van der Waals surface area contributed by atoms with Gasteiger partial charge in [-0.1, -0.05) is 17.7 Å². The van der Waals surface area contributed by atoms with Crippen LogP contribution in [-0.4, -0.2) is 46.5 Å². The molecule has 0 N–H and O–H groups in total. The van der Waals surface area contributed by atoms with Gasteiger partial charge in [0, 0.05) is 36.8 Å². The summed E-state index contributed by atoms with van der Waals surface area (Å²) in [6, 6.07) is 11.2. The van der Waals surface area contributed by atoms with Gasteiger partial charge in [-0.3, -0.25) is 4.79 Å². The number of piperazine rings is 1. The molecule has 1 aliphatic heterocycles. The van der Waals surface area contributed by atoms with E-state index in [1.54, 1.807) is 6.07 Å². The zero-order valence-electron chi connectivity index (χ0n) is 16.2. The molecular formula is C21H21ClN4O2S. The molecule has 1 saturated heterocycles. The third-order valence-corrected chi connectivity index (χ3v) is 6.21. The summed E-state index contributed by atoms with van der Waals surface area (Å²) in [5.41, 5.74) is 0.943. The molecule has 3 aromatic rings. The van der Waals surface area contributed by atoms with Crippen LogP contribution in [0.4, 0.5) is 5.82 Å². The van der Waals surface area contributed by atoms with Crippen molar-refractivity contribution in [2.24, 2.45) is 0 Å². The quantitative estimate of drug-likeness (QED) is 0.605. The number of nitrogens with zero attached hydrogens (tertiary/aromatic N) is 4. The molecule has 0 radical (unpaired) electrons. The SMILES string of the molecule is Cc1cc(Oc2cc(N3CCN(C(=O)c4cccs4)[C@H](C)C3)ncn2)ccc1Cl. The van der Waals surface area contributed by atoms with E-state index in [1.165, 1.54) is 17.7 Å². The molecule has 0 bridgehead atoms. The van der Waals surface area contributed by atoms with E-state index in [2.05, 4.69) is 21.8 Å². The van der Waals surface area contributed by atoms with Crippen molar-refractivity contribution in [3.63, 3.8) is 0 Å². The number of anilines is 1. The molecule has 29 heavy (non-hydrogen) atoms. The maximum atomic E-state index is 12.7. The van der Waals surface area contributed by atoms with E-state index in [0.29, 0.717) is 36.3 Å². The molecule has 0 aliphatic carbocycles. The van der Waals surface area contributed by atoms with Gasteiger partial charge in [0.05, 0.1) is 4.88 Å². The number of hydrogen-bond acceptors (Lipinski definition) is 6. The second-order valence-electron chi connectivity index (χ2n) is 7.00. The van der Waals surface area contributed by atoms with Gasteiger partial charge in [0.25, 0.3) is 5.91 Å². The lowest BCUT2D eigenvalue weighted by Gasteiger charge is -2.40. The summed E-state index contributed by atoms with van der Waals surface area (Å²) >= 11 is 7.55. The van der Waals surface area contributed by atoms with Gasteiger partial charge in [-0.25, -0.2) is 9.97 Å². The molecule has 0 unspecified atom stereocenters. The van der Waals surface area contributed by atoms with Gasteiger partial charge in [-0.2, -0.15) is 0 Å². The van der Waals surface area contributed by atoms with Crippen LogP contribution in [0.15, 0.2) is 48.1 Å². The molecule has 0 saturated carbocycles. The predicted octanol–water partition coefficient (Wildman–Crippen LogP) is 4.64. The maximum absolute atomic E-state index is 12.7. The second-order valence-corrected chi connectivity index (χ2v) is 8.35. The van der Waals surface area contributed by atoms with E-state index >= 15 is 0 Å². The van der Waals surface area contributed by atoms with E-state index in [1.807, 2.05) is 47.5 Å². The lowest BCUT2D eigenvalue weighted by atomic mass is 10.2. The van der Waals surface area contributed by atoms with Crippen molar-refractivity contribution in [1.29, 1.82) is 0 Å². The minimum atomic E-state index is 0.0802. The Hall–Kier alpha value is -2.64. The van der Waals surface area contributed by atoms with Crippen LogP contribution in [0.5, 0.6) is 11.6 Å². The van der Waals surface area contributed by atoms with E-state index in [9.17, 15) is 4.79 Å². The van der Waals surface area contributed by atoms with Gasteiger partial charge in [-0.15, -0.1) is 11.3 Å². The molecule has 0 spiro atoms. The topological polar surface area (TPSA) is 58.6 Å². The number of rotatable bonds is 4. The number of carbonyl (C=O) groups is 1. The Kier molecular flexibility index (Phi) is 5.69. The highest BCUT2D eigenvalue weighted by atomic mass is 35.5. The first-order chi connectivity index (χ1) is 14.0. The summed E-state index contributed by atoms with van der Waals surface area (Å²) in [5.74, 6) is 2.03. The fourth-order valence-corrected chi connectivity index (χ4v) is 4.17. The van der Waals surface area contributed by atoms with Crippen LogP contribution >= 0.6 is 22.9 Å². The number of benzene rings is 1. The molecule has 1 aromatic carbocycles. The van der Waals surface area contributed by atoms with Crippen LogP contribution in [0, 0.1) is 6.92 Å². The van der Waals surface area contributed by atoms with Crippen LogP contribution in [0.25, 0.3) is 0 Å². The number of carbonyl (C=O) groups excluding carboxylic acids is 1. The van der Waals surface area contributed by atoms with Crippen molar-refractivity contribution in [2.75, 3.05) is 24.5 Å². The summed E-state index contributed by atoms with van der Waals surface area (Å²) in [6.07, 6.45) is 1.50. The van der Waals surface area contributed by atoms with Gasteiger partial charge in [0.1, 0.15) is 17.9 Å². The Labute approximate surface area is 178 Å². The highest BCUT2D eigenvalue weighted by Crippen LogP contribution is 2.27. The Morgan fingerprint density at radius 1 is 1.24 bits per heavy atom. The molecule has 3 heterocycles. The Morgan fingerprint density at radius 2 is 2.10 bits per heavy atom. The second kappa shape index (κ2) is 8.39. The highest BCUT2D eigenvalue weighted by molar-refractivity contribution is 7.12. The number of halogens is 1. The number of amides is 1. The van der Waals surface area contributed by atoms with Gasteiger partial charge >= 0.3 is 0 Å². The Morgan fingerprint density at radius 3 is 2.83 bits per heavy atom. The van der Waals surface area contributed by atoms with Crippen LogP contribution < -0.4 is 9.64 Å². The average molecular weight is 429 g/mol. The molecule has 6 nitrogen and oxygen atoms in total. The van der Waals surface area contributed by atoms with E-state index in [0.717, 1.165) is 16.3 Å². The normalized spacial score (nSPS) is 16.7. The van der Waals surface area contributed by atoms with Gasteiger partial charge < -0.3 is 14.5 Å². The Balaban J connectivity index is 1.45. The maximum Gasteiger partial charge on any atom is 0.264 e. The predicted molar refractivity (Wildman–Crippen MR) is 115 cm³/mol. The Bertz CT molecular complexity index is 1010. The fourth-order valence-electron chi connectivity index (χ4n) is 3.37. The van der Waals surface area contributed by atoms with E-state index in [4.69, 9.17) is 16.3 Å². The molecule has 1 atom stereocenters. The molecular weight excluding hydrogens is 408 g/mol. The summed E-state index contributed by atoms with van der Waals surface area (Å²) in [4.78, 5) is 26.2. The standard InChI is InChI=1S/C21H21ClN4O2S/c1-14-10-16(5-6-17(14)22)28-20-11-19(23-13-24-20)25-7-8-26(15(2)12-25)21(27)18-4-3-9-29-18/h3-6,9-11,13,15H,7-8,12H2,1-2H3/t15-/m1/s1. The van der Waals surface area contributed by atoms with Crippen LogP contribution in [0.1, 0.15) is 22.2 Å². The number of hydrogen-bond donors (Lipinski definition) is 0. The molecule has 1 amide bonds. The monoisotopic (exact) mass is 428 g/mol. The first-order valence-electron chi connectivity index (χ1n) is 9.37. The highest BCUT2D eigenvalue weighted by Gasteiger charge is 2.29. The molecule has 1 fully saturated rings. The first kappa shape index (κ1) is 19.7. The molecule has 4 rings (SSSR count). The average Bonchev–Trinajstić information content (AvgIpc) is 3.25. The number of aromatic nitrogens is 2. The smallest absolute Gasteiger partial charge is 0.264 e. The molecule has 1 aliphatic rings. The fraction of sp³-hybridized carbons (Fsp3) is 0.286. The van der Waals surface area contributed by atoms with Gasteiger partial charge in [0.2, 0.25) is 5.88 Å². The molecule has 2 aromatic heterocycles. The molecule has 150 valence electrons. The number of ether oxygens (including phenoxy) is 1. The minimum Gasteiger partial charge on any atom is -0.439 e. The van der Waals surface area contributed by atoms with Crippen molar-refractivity contribution in [3.05, 3.63) is 63.6 Å². The summed E-state index contributed by atoms with van der Waals surface area (Å²) in [7, 11) is 0. The number of aryl methyl sites for hydroxylation is 1. The first-order valence-corrected chi connectivity index (χ1v) is 10.6. The van der Waals surface area contributed by atoms with Crippen LogP contribution in [0.2, 0.25) is 5.02 Å². The summed E-state index contributed by atoms with van der Waals surface area (Å²) in [6.45, 7) is 6.05. The lowest BCUT2D eigenvalue weighted by Crippen LogP contribution is -2.54. The largest absolute Gasteiger partial charge is 0.439 e. The van der Waals surface area contributed by atoms with Crippen molar-refractivity contribution >= 4 is 34.7 Å². The zero-order valence-corrected chi connectivity index (χ0v) is 17.8. The van der Waals surface area contributed by atoms with Crippen molar-refractivity contribution < 1.29 is 9.53 Å². The summed E-state index contributed by atoms with van der Waals surface area (Å²) in [5, 5.41) is 2.63. The zero-order chi connectivity index (χ0) is 20.4.